The standard InChI is InChI=1S/C22H16ClF3N4O5/c1-30(21(33)29-12-2-7-17(23)16(10-12)22(24,25)26)13-3-5-14(6-4-13)34-15-8-9-28-18(11-15)19(31)35-20(27)32/h2-11H,1H3,(H2,27,32)(H,29,33). The number of benzene rings is 2. The molecule has 13 heteroatoms. The van der Waals surface area contributed by atoms with Crippen LogP contribution in [0.1, 0.15) is 16.1 Å². The van der Waals surface area contributed by atoms with Crippen LogP contribution in [0.5, 0.6) is 11.5 Å². The number of rotatable bonds is 5. The number of primary amides is 1. The van der Waals surface area contributed by atoms with Crippen molar-refractivity contribution in [3.05, 3.63) is 77.1 Å². The fourth-order valence-corrected chi connectivity index (χ4v) is 2.97. The molecule has 9 nitrogen and oxygen atoms in total. The molecule has 0 aliphatic heterocycles. The van der Waals surface area contributed by atoms with Crippen LogP contribution in [-0.2, 0) is 10.9 Å². The van der Waals surface area contributed by atoms with Gasteiger partial charge in [0.15, 0.2) is 5.69 Å². The van der Waals surface area contributed by atoms with E-state index >= 15 is 0 Å². The van der Waals surface area contributed by atoms with Crippen LogP contribution in [0.2, 0.25) is 5.02 Å². The maximum atomic E-state index is 13.0. The molecule has 0 saturated heterocycles. The lowest BCUT2D eigenvalue weighted by atomic mass is 10.2. The number of anilines is 2. The summed E-state index contributed by atoms with van der Waals surface area (Å²) in [6.07, 6.45) is -4.68. The molecule has 2 aromatic carbocycles. The molecule has 0 atom stereocenters. The Kier molecular flexibility index (Phi) is 7.45. The SMILES string of the molecule is CN(C(=O)Nc1ccc(Cl)c(C(F)(F)F)c1)c1ccc(Oc2ccnc(C(=O)OC(N)=O)c2)cc1. The van der Waals surface area contributed by atoms with Crippen LogP contribution in [0.3, 0.4) is 0 Å². The fraction of sp³-hybridized carbons (Fsp3) is 0.0909. The first-order valence-corrected chi connectivity index (χ1v) is 9.99. The van der Waals surface area contributed by atoms with Crippen molar-refractivity contribution in [3.8, 4) is 11.5 Å². The molecule has 0 aliphatic rings. The summed E-state index contributed by atoms with van der Waals surface area (Å²) in [6.45, 7) is 0. The molecule has 3 aromatic rings. The third kappa shape index (κ3) is 6.60. The lowest BCUT2D eigenvalue weighted by molar-refractivity contribution is -0.137. The zero-order valence-electron chi connectivity index (χ0n) is 17.8. The molecule has 3 amide bonds. The number of carbonyl (C=O) groups excluding carboxylic acids is 3. The molecule has 0 unspecified atom stereocenters. The van der Waals surface area contributed by atoms with E-state index in [1.165, 1.54) is 60.6 Å². The normalized spacial score (nSPS) is 10.9. The second-order valence-corrected chi connectivity index (χ2v) is 7.27. The molecule has 3 N–H and O–H groups in total. The summed E-state index contributed by atoms with van der Waals surface area (Å²) in [6, 6.07) is 11.1. The summed E-state index contributed by atoms with van der Waals surface area (Å²) in [5, 5.41) is 1.90. The molecule has 3 rings (SSSR count). The second kappa shape index (κ2) is 10.3. The van der Waals surface area contributed by atoms with Crippen LogP contribution >= 0.6 is 11.6 Å². The number of urea groups is 1. The van der Waals surface area contributed by atoms with E-state index < -0.39 is 34.9 Å². The van der Waals surface area contributed by atoms with Gasteiger partial charge in [0.1, 0.15) is 11.5 Å². The van der Waals surface area contributed by atoms with Gasteiger partial charge in [-0.25, -0.2) is 19.4 Å². The van der Waals surface area contributed by atoms with Crippen molar-refractivity contribution in [3.63, 3.8) is 0 Å². The number of hydrogen-bond donors (Lipinski definition) is 2. The number of carbonyl (C=O) groups is 3. The van der Waals surface area contributed by atoms with Crippen molar-refractivity contribution in [1.29, 1.82) is 0 Å². The highest BCUT2D eigenvalue weighted by molar-refractivity contribution is 6.31. The quantitative estimate of drug-likeness (QED) is 0.349. The maximum absolute atomic E-state index is 13.0. The molecule has 1 heterocycles. The largest absolute Gasteiger partial charge is 0.457 e. The van der Waals surface area contributed by atoms with Gasteiger partial charge in [0.2, 0.25) is 0 Å². The van der Waals surface area contributed by atoms with Gasteiger partial charge in [0, 0.05) is 30.7 Å². The Morgan fingerprint density at radius 1 is 1.03 bits per heavy atom. The number of nitrogens with one attached hydrogen (secondary N) is 1. The van der Waals surface area contributed by atoms with Crippen LogP contribution in [-0.4, -0.2) is 30.1 Å². The number of nitrogens with two attached hydrogens (primary N) is 1. The fourth-order valence-electron chi connectivity index (χ4n) is 2.75. The maximum Gasteiger partial charge on any atom is 0.417 e. The number of ether oxygens (including phenoxy) is 2. The molecule has 0 radical (unpaired) electrons. The molecule has 0 fully saturated rings. The Morgan fingerprint density at radius 3 is 2.34 bits per heavy atom. The number of amides is 3. The average Bonchev–Trinajstić information content (AvgIpc) is 2.79. The number of nitrogens with zero attached hydrogens (tertiary/aromatic N) is 2. The van der Waals surface area contributed by atoms with E-state index in [4.69, 9.17) is 22.1 Å². The smallest absolute Gasteiger partial charge is 0.417 e. The summed E-state index contributed by atoms with van der Waals surface area (Å²) in [5.74, 6) is -0.511. The van der Waals surface area contributed by atoms with Crippen molar-refractivity contribution in [2.45, 2.75) is 6.18 Å². The summed E-state index contributed by atoms with van der Waals surface area (Å²) >= 11 is 5.59. The van der Waals surface area contributed by atoms with Crippen LogP contribution in [0.15, 0.2) is 60.8 Å². The molecule has 0 aliphatic carbocycles. The van der Waals surface area contributed by atoms with E-state index in [9.17, 15) is 27.6 Å². The minimum absolute atomic E-state index is 0.0816. The van der Waals surface area contributed by atoms with Crippen LogP contribution in [0.4, 0.5) is 34.1 Å². The predicted octanol–water partition coefficient (Wildman–Crippen LogP) is 5.45. The molecule has 0 spiro atoms. The van der Waals surface area contributed by atoms with Crippen molar-refractivity contribution < 1.29 is 37.0 Å². The number of esters is 1. The monoisotopic (exact) mass is 508 g/mol. The van der Waals surface area contributed by atoms with Crippen molar-refractivity contribution >= 4 is 41.1 Å². The lowest BCUT2D eigenvalue weighted by Crippen LogP contribution is -2.31. The van der Waals surface area contributed by atoms with Gasteiger partial charge < -0.3 is 20.5 Å². The average molecular weight is 509 g/mol. The van der Waals surface area contributed by atoms with Crippen LogP contribution in [0.25, 0.3) is 0 Å². The highest BCUT2D eigenvalue weighted by atomic mass is 35.5. The van der Waals surface area contributed by atoms with Gasteiger partial charge in [0.25, 0.3) is 0 Å². The van der Waals surface area contributed by atoms with Crippen molar-refractivity contribution in [2.75, 3.05) is 17.3 Å². The minimum atomic E-state index is -4.67. The number of hydrogen-bond acceptors (Lipinski definition) is 6. The van der Waals surface area contributed by atoms with Gasteiger partial charge >= 0.3 is 24.3 Å². The van der Waals surface area contributed by atoms with E-state index in [2.05, 4.69) is 15.0 Å². The van der Waals surface area contributed by atoms with E-state index in [1.807, 2.05) is 0 Å². The summed E-state index contributed by atoms with van der Waals surface area (Å²) in [5.41, 5.74) is 3.85. The molecular formula is C22H16ClF3N4O5. The first kappa shape index (κ1) is 25.3. The highest BCUT2D eigenvalue weighted by Gasteiger charge is 2.33. The lowest BCUT2D eigenvalue weighted by Gasteiger charge is -2.19. The third-order valence-corrected chi connectivity index (χ3v) is 4.75. The van der Waals surface area contributed by atoms with Gasteiger partial charge in [-0.2, -0.15) is 13.2 Å². The molecule has 182 valence electrons. The molecular weight excluding hydrogens is 493 g/mol. The number of pyridine rings is 1. The zero-order chi connectivity index (χ0) is 25.8. The Hall–Kier alpha value is -4.32. The van der Waals surface area contributed by atoms with Crippen molar-refractivity contribution in [2.24, 2.45) is 5.73 Å². The van der Waals surface area contributed by atoms with Crippen LogP contribution < -0.4 is 20.7 Å². The number of aromatic nitrogens is 1. The van der Waals surface area contributed by atoms with Gasteiger partial charge in [-0.3, -0.25) is 4.90 Å². The summed E-state index contributed by atoms with van der Waals surface area (Å²) in [7, 11) is 1.42. The minimum Gasteiger partial charge on any atom is -0.457 e. The first-order valence-electron chi connectivity index (χ1n) is 9.61. The molecule has 0 saturated carbocycles. The number of halogens is 4. The Labute approximate surface area is 201 Å². The predicted molar refractivity (Wildman–Crippen MR) is 120 cm³/mol. The molecule has 1 aromatic heterocycles. The zero-order valence-corrected chi connectivity index (χ0v) is 18.6. The van der Waals surface area contributed by atoms with E-state index in [-0.39, 0.29) is 17.1 Å². The Bertz CT molecular complexity index is 1270. The molecule has 0 bridgehead atoms. The Balaban J connectivity index is 1.67. The topological polar surface area (TPSA) is 124 Å². The summed E-state index contributed by atoms with van der Waals surface area (Å²) < 4.78 is 49.0. The second-order valence-electron chi connectivity index (χ2n) is 6.86. The Morgan fingerprint density at radius 2 is 1.71 bits per heavy atom. The van der Waals surface area contributed by atoms with Gasteiger partial charge in [-0.05, 0) is 48.5 Å². The summed E-state index contributed by atoms with van der Waals surface area (Å²) in [4.78, 5) is 39.9. The third-order valence-electron chi connectivity index (χ3n) is 4.42. The van der Waals surface area contributed by atoms with Gasteiger partial charge in [-0.15, -0.1) is 0 Å². The van der Waals surface area contributed by atoms with Gasteiger partial charge in [-0.1, -0.05) is 11.6 Å². The van der Waals surface area contributed by atoms with Crippen LogP contribution in [0, 0.1) is 0 Å². The van der Waals surface area contributed by atoms with Gasteiger partial charge in [0.05, 0.1) is 10.6 Å². The molecule has 35 heavy (non-hydrogen) atoms. The van der Waals surface area contributed by atoms with E-state index in [0.717, 1.165) is 12.1 Å². The van der Waals surface area contributed by atoms with E-state index in [0.29, 0.717) is 11.4 Å². The highest BCUT2D eigenvalue weighted by Crippen LogP contribution is 2.36. The number of alkyl halides is 3. The van der Waals surface area contributed by atoms with Crippen molar-refractivity contribution in [1.82, 2.24) is 4.98 Å². The first-order chi connectivity index (χ1) is 16.4. The van der Waals surface area contributed by atoms with E-state index in [1.54, 1.807) is 0 Å².